The van der Waals surface area contributed by atoms with Gasteiger partial charge < -0.3 is 4.57 Å². The lowest BCUT2D eigenvalue weighted by atomic mass is 9.85. The summed E-state index contributed by atoms with van der Waals surface area (Å²) in [7, 11) is 0. The number of halogens is 2. The van der Waals surface area contributed by atoms with Gasteiger partial charge in [0.2, 0.25) is 0 Å². The molecule has 0 aliphatic heterocycles. The van der Waals surface area contributed by atoms with Gasteiger partial charge >= 0.3 is 0 Å². The molecule has 0 radical (unpaired) electrons. The van der Waals surface area contributed by atoms with E-state index in [2.05, 4.69) is 63.0 Å². The molecule has 0 unspecified atom stereocenters. The number of nitrogens with zero attached hydrogens (tertiary/aromatic N) is 1. The molecule has 31 heavy (non-hydrogen) atoms. The second-order valence-electron chi connectivity index (χ2n) is 10.0. The zero-order valence-corrected chi connectivity index (χ0v) is 20.0. The van der Waals surface area contributed by atoms with E-state index >= 15 is 0 Å². The smallest absolute Gasteiger partial charge is 0.131 e. The average Bonchev–Trinajstić information content (AvgIpc) is 3.06. The summed E-state index contributed by atoms with van der Waals surface area (Å²) in [6.45, 7) is 13.7. The van der Waals surface area contributed by atoms with Crippen molar-refractivity contribution in [2.75, 3.05) is 0 Å². The van der Waals surface area contributed by atoms with Crippen molar-refractivity contribution in [3.05, 3.63) is 83.7 Å². The highest BCUT2D eigenvalue weighted by Crippen LogP contribution is 2.39. The summed E-state index contributed by atoms with van der Waals surface area (Å²) >= 11 is 1.69. The van der Waals surface area contributed by atoms with Crippen molar-refractivity contribution in [3.63, 3.8) is 0 Å². The molecular formula is C26H32F2N2S. The van der Waals surface area contributed by atoms with Crippen LogP contribution < -0.4 is 4.72 Å². The van der Waals surface area contributed by atoms with Crippen LogP contribution in [0.25, 0.3) is 11.1 Å². The fourth-order valence-electron chi connectivity index (χ4n) is 3.47. The van der Waals surface area contributed by atoms with Crippen molar-refractivity contribution < 1.29 is 8.78 Å². The summed E-state index contributed by atoms with van der Waals surface area (Å²) in [5.74, 6) is -0.864. The highest BCUT2D eigenvalue weighted by atomic mass is 32.2. The van der Waals surface area contributed by atoms with Gasteiger partial charge in [-0.25, -0.2) is 8.78 Å². The predicted octanol–water partition coefficient (Wildman–Crippen LogP) is 7.61. The standard InChI is InChI=1S/C26H32F2N2S/c1-25(2,3)24(29-31-26(4,5)6)23-14-19(21-15-20(27)12-13-22(21)28)17-30(23)16-18-10-8-7-9-11-18/h7-15,17,24,29H,16H2,1-6H3/t24-/m0/s1. The Balaban J connectivity index is 2.10. The first-order valence-electron chi connectivity index (χ1n) is 10.6. The van der Waals surface area contributed by atoms with Crippen LogP contribution in [0.5, 0.6) is 0 Å². The summed E-state index contributed by atoms with van der Waals surface area (Å²) < 4.78 is 34.3. The number of nitrogens with one attached hydrogen (secondary N) is 1. The van der Waals surface area contributed by atoms with Gasteiger partial charge in [0.25, 0.3) is 0 Å². The summed E-state index contributed by atoms with van der Waals surface area (Å²) in [5, 5.41) is 0. The van der Waals surface area contributed by atoms with Crippen molar-refractivity contribution >= 4 is 11.9 Å². The molecule has 166 valence electrons. The second-order valence-corrected chi connectivity index (χ2v) is 11.7. The van der Waals surface area contributed by atoms with E-state index in [0.29, 0.717) is 12.1 Å². The molecule has 2 nitrogen and oxygen atoms in total. The summed E-state index contributed by atoms with van der Waals surface area (Å²) in [4.78, 5) is 0. The van der Waals surface area contributed by atoms with Crippen LogP contribution in [0, 0.1) is 17.0 Å². The topological polar surface area (TPSA) is 17.0 Å². The van der Waals surface area contributed by atoms with E-state index in [9.17, 15) is 8.78 Å². The fourth-order valence-corrected chi connectivity index (χ4v) is 4.42. The van der Waals surface area contributed by atoms with Crippen LogP contribution in [-0.4, -0.2) is 9.31 Å². The molecule has 0 aliphatic rings. The molecule has 0 aliphatic carbocycles. The van der Waals surface area contributed by atoms with E-state index in [1.165, 1.54) is 12.1 Å². The second kappa shape index (κ2) is 9.17. The van der Waals surface area contributed by atoms with Gasteiger partial charge in [0.15, 0.2) is 0 Å². The lowest BCUT2D eigenvalue weighted by Gasteiger charge is -2.34. The van der Waals surface area contributed by atoms with Gasteiger partial charge in [-0.3, -0.25) is 4.72 Å². The SMILES string of the molecule is CC(C)(C)SN[C@@H](c1cc(-c2cc(F)ccc2F)cn1Cc1ccccc1)C(C)(C)C. The summed E-state index contributed by atoms with van der Waals surface area (Å²) in [5.41, 5.74) is 3.07. The minimum Gasteiger partial charge on any atom is -0.345 e. The molecule has 1 aromatic heterocycles. The predicted molar refractivity (Wildman–Crippen MR) is 128 cm³/mol. The molecule has 1 atom stereocenters. The van der Waals surface area contributed by atoms with Gasteiger partial charge in [-0.15, -0.1) is 0 Å². The molecule has 3 aromatic rings. The van der Waals surface area contributed by atoms with E-state index in [-0.39, 0.29) is 21.8 Å². The van der Waals surface area contributed by atoms with E-state index in [0.717, 1.165) is 17.3 Å². The van der Waals surface area contributed by atoms with Gasteiger partial charge in [0.1, 0.15) is 11.6 Å². The molecule has 1 N–H and O–H groups in total. The van der Waals surface area contributed by atoms with Gasteiger partial charge in [0, 0.05) is 34.3 Å². The van der Waals surface area contributed by atoms with Crippen molar-refractivity contribution in [1.82, 2.24) is 9.29 Å². The molecule has 0 saturated heterocycles. The minimum absolute atomic E-state index is 0.00538. The Morgan fingerprint density at radius 3 is 2.23 bits per heavy atom. The third-order valence-electron chi connectivity index (χ3n) is 5.01. The Morgan fingerprint density at radius 1 is 0.935 bits per heavy atom. The summed E-state index contributed by atoms with van der Waals surface area (Å²) in [6.07, 6.45) is 1.93. The molecule has 0 bridgehead atoms. The molecule has 0 amide bonds. The number of hydrogen-bond acceptors (Lipinski definition) is 2. The van der Waals surface area contributed by atoms with Crippen molar-refractivity contribution in [2.45, 2.75) is 58.9 Å². The molecule has 0 saturated carbocycles. The zero-order valence-electron chi connectivity index (χ0n) is 19.2. The van der Waals surface area contributed by atoms with Crippen LogP contribution in [0.3, 0.4) is 0 Å². The Labute approximate surface area is 189 Å². The first-order chi connectivity index (χ1) is 14.4. The monoisotopic (exact) mass is 442 g/mol. The number of benzene rings is 2. The lowest BCUT2D eigenvalue weighted by Crippen LogP contribution is -2.32. The molecule has 0 fully saturated rings. The van der Waals surface area contributed by atoms with Crippen LogP contribution in [-0.2, 0) is 6.54 Å². The first kappa shape index (κ1) is 23.6. The maximum absolute atomic E-state index is 14.6. The Hall–Kier alpha value is -2.11. The van der Waals surface area contributed by atoms with E-state index in [1.807, 2.05) is 30.5 Å². The third-order valence-corrected chi connectivity index (χ3v) is 5.98. The van der Waals surface area contributed by atoms with E-state index in [4.69, 9.17) is 0 Å². The highest BCUT2D eigenvalue weighted by Gasteiger charge is 2.31. The Morgan fingerprint density at radius 2 is 1.61 bits per heavy atom. The fraction of sp³-hybridized carbons (Fsp3) is 0.385. The Kier molecular flexibility index (Phi) is 6.97. The molecule has 3 rings (SSSR count). The van der Waals surface area contributed by atoms with Crippen LogP contribution in [0.2, 0.25) is 0 Å². The van der Waals surface area contributed by atoms with E-state index in [1.54, 1.807) is 11.9 Å². The molecule has 1 heterocycles. The average molecular weight is 443 g/mol. The van der Waals surface area contributed by atoms with Crippen LogP contribution in [0.1, 0.15) is 58.8 Å². The van der Waals surface area contributed by atoms with Gasteiger partial charge in [-0.1, -0.05) is 63.1 Å². The van der Waals surface area contributed by atoms with Gasteiger partial charge in [-0.2, -0.15) is 0 Å². The van der Waals surface area contributed by atoms with E-state index < -0.39 is 11.6 Å². The largest absolute Gasteiger partial charge is 0.345 e. The van der Waals surface area contributed by atoms with Gasteiger partial charge in [-0.05, 0) is 56.0 Å². The summed E-state index contributed by atoms with van der Waals surface area (Å²) in [6, 6.07) is 15.8. The van der Waals surface area contributed by atoms with Crippen molar-refractivity contribution in [2.24, 2.45) is 5.41 Å². The van der Waals surface area contributed by atoms with Crippen molar-refractivity contribution in [3.8, 4) is 11.1 Å². The lowest BCUT2D eigenvalue weighted by molar-refractivity contribution is 0.298. The van der Waals surface area contributed by atoms with Crippen molar-refractivity contribution in [1.29, 1.82) is 0 Å². The van der Waals surface area contributed by atoms with Crippen LogP contribution >= 0.6 is 11.9 Å². The normalized spacial score (nSPS) is 13.4. The highest BCUT2D eigenvalue weighted by molar-refractivity contribution is 7.98. The molecular weight excluding hydrogens is 410 g/mol. The number of hydrogen-bond donors (Lipinski definition) is 1. The number of aromatic nitrogens is 1. The van der Waals surface area contributed by atoms with Crippen LogP contribution in [0.4, 0.5) is 8.78 Å². The Bertz CT molecular complexity index is 1010. The molecule has 0 spiro atoms. The van der Waals surface area contributed by atoms with Crippen LogP contribution in [0.15, 0.2) is 60.8 Å². The maximum Gasteiger partial charge on any atom is 0.131 e. The third kappa shape index (κ3) is 6.20. The van der Waals surface area contributed by atoms with Gasteiger partial charge in [0.05, 0.1) is 6.04 Å². The zero-order chi connectivity index (χ0) is 22.8. The minimum atomic E-state index is -0.442. The maximum atomic E-state index is 14.6. The molecule has 5 heteroatoms. The first-order valence-corrected chi connectivity index (χ1v) is 11.4. The number of rotatable bonds is 6. The molecule has 2 aromatic carbocycles. The quantitative estimate of drug-likeness (QED) is 0.396.